The molecule has 1 unspecified atom stereocenters. The minimum Gasteiger partial charge on any atom is -0.772 e. The summed E-state index contributed by atoms with van der Waals surface area (Å²) in [7, 11) is 0. The van der Waals surface area contributed by atoms with Crippen molar-refractivity contribution in [3.63, 3.8) is 0 Å². The van der Waals surface area contributed by atoms with E-state index in [1.165, 1.54) is 0 Å². The molecule has 1 amide bonds. The van der Waals surface area contributed by atoms with Gasteiger partial charge in [0.2, 0.25) is 0 Å². The summed E-state index contributed by atoms with van der Waals surface area (Å²) in [5.41, 5.74) is 0.939. The fraction of sp³-hybridized carbons (Fsp3) is 0.500. The fourth-order valence-corrected chi connectivity index (χ4v) is 3.17. The topological polar surface area (TPSA) is 78.5 Å². The second kappa shape index (κ2) is 9.58. The summed E-state index contributed by atoms with van der Waals surface area (Å²) >= 11 is -2.01. The van der Waals surface area contributed by atoms with Gasteiger partial charge >= 0.3 is 35.7 Å². The van der Waals surface area contributed by atoms with E-state index in [2.05, 4.69) is 5.32 Å². The maximum Gasteiger partial charge on any atom is 1.00 e. The van der Waals surface area contributed by atoms with E-state index in [1.807, 2.05) is 30.3 Å². The van der Waals surface area contributed by atoms with Gasteiger partial charge in [-0.3, -0.25) is 4.21 Å². The smallest absolute Gasteiger partial charge is 0.772 e. The molecule has 1 aliphatic rings. The summed E-state index contributed by atoms with van der Waals surface area (Å²) in [5.74, 6) is 0.324. The Morgan fingerprint density at radius 1 is 1.33 bits per heavy atom. The first-order valence-electron chi connectivity index (χ1n) is 6.66. The molecular weight excluding hydrogens is 301 g/mol. The maximum atomic E-state index is 11.6. The number of hydrogen-bond acceptors (Lipinski definition) is 4. The Kier molecular flexibility index (Phi) is 8.51. The standard InChI is InChI=1S/C14H19NO4S.Na/c16-14(19-9-11-4-2-1-3-5-11)15-13-7-6-12(8-13)10-20(17)18;/h1-5,12-13H,6-10H2,(H,15,16)(H,17,18);/q;+1/p-1/t12-,13+;/m1./s1. The summed E-state index contributed by atoms with van der Waals surface area (Å²) in [5, 5.41) is 2.79. The third kappa shape index (κ3) is 6.93. The average Bonchev–Trinajstić information content (AvgIpc) is 2.84. The molecule has 1 aliphatic carbocycles. The second-order valence-electron chi connectivity index (χ2n) is 5.05. The number of benzene rings is 1. The zero-order chi connectivity index (χ0) is 14.4. The molecule has 1 N–H and O–H groups in total. The van der Waals surface area contributed by atoms with Crippen LogP contribution in [0.1, 0.15) is 24.8 Å². The number of rotatable bonds is 5. The van der Waals surface area contributed by atoms with E-state index in [-0.39, 0.29) is 53.9 Å². The molecule has 2 rings (SSSR count). The van der Waals surface area contributed by atoms with Crippen molar-refractivity contribution in [3.8, 4) is 0 Å². The quantitative estimate of drug-likeness (QED) is 0.556. The summed E-state index contributed by atoms with van der Waals surface area (Å²) in [6.45, 7) is 0.243. The van der Waals surface area contributed by atoms with Crippen LogP contribution in [0, 0.1) is 5.92 Å². The van der Waals surface area contributed by atoms with Crippen LogP contribution in [0.15, 0.2) is 30.3 Å². The van der Waals surface area contributed by atoms with Crippen LogP contribution in [-0.4, -0.2) is 26.6 Å². The van der Waals surface area contributed by atoms with Crippen molar-refractivity contribution in [3.05, 3.63) is 35.9 Å². The number of alkyl carbamates (subject to hydrolysis) is 1. The minimum absolute atomic E-state index is 0. The predicted octanol–water partition coefficient (Wildman–Crippen LogP) is -1.04. The molecule has 1 saturated carbocycles. The Morgan fingerprint density at radius 3 is 2.71 bits per heavy atom. The van der Waals surface area contributed by atoms with Crippen molar-refractivity contribution in [1.29, 1.82) is 0 Å². The van der Waals surface area contributed by atoms with Gasteiger partial charge in [0.25, 0.3) is 0 Å². The van der Waals surface area contributed by atoms with Crippen molar-refractivity contribution < 1.29 is 47.9 Å². The van der Waals surface area contributed by atoms with Crippen LogP contribution in [0.4, 0.5) is 4.79 Å². The fourth-order valence-electron chi connectivity index (χ4n) is 2.48. The molecule has 1 aromatic rings. The van der Waals surface area contributed by atoms with Gasteiger partial charge in [0.05, 0.1) is 0 Å². The zero-order valence-corrected chi connectivity index (χ0v) is 14.9. The van der Waals surface area contributed by atoms with Crippen LogP contribution in [0.5, 0.6) is 0 Å². The first kappa shape index (κ1) is 18.6. The van der Waals surface area contributed by atoms with E-state index < -0.39 is 17.2 Å². The van der Waals surface area contributed by atoms with Crippen molar-refractivity contribution in [1.82, 2.24) is 5.32 Å². The van der Waals surface area contributed by atoms with Gasteiger partial charge in [0, 0.05) is 11.8 Å². The molecule has 0 spiro atoms. The van der Waals surface area contributed by atoms with Crippen molar-refractivity contribution >= 4 is 17.2 Å². The van der Waals surface area contributed by atoms with Crippen molar-refractivity contribution in [2.45, 2.75) is 31.9 Å². The maximum absolute atomic E-state index is 11.6. The van der Waals surface area contributed by atoms with Crippen LogP contribution in [-0.2, 0) is 22.4 Å². The number of nitrogens with one attached hydrogen (secondary N) is 1. The van der Waals surface area contributed by atoms with Crippen molar-refractivity contribution in [2.24, 2.45) is 5.92 Å². The van der Waals surface area contributed by atoms with Crippen LogP contribution < -0.4 is 34.9 Å². The molecular formula is C14H18NNaO4S. The van der Waals surface area contributed by atoms with E-state index >= 15 is 0 Å². The van der Waals surface area contributed by atoms with Gasteiger partial charge in [0.1, 0.15) is 6.61 Å². The minimum atomic E-state index is -2.01. The Balaban J connectivity index is 0.00000220. The van der Waals surface area contributed by atoms with Crippen LogP contribution in [0.3, 0.4) is 0 Å². The zero-order valence-electron chi connectivity index (χ0n) is 12.1. The van der Waals surface area contributed by atoms with Gasteiger partial charge in [-0.2, -0.15) is 0 Å². The van der Waals surface area contributed by atoms with E-state index in [0.717, 1.165) is 18.4 Å². The molecule has 0 bridgehead atoms. The molecule has 3 atom stereocenters. The molecule has 0 heterocycles. The first-order valence-corrected chi connectivity index (χ1v) is 7.91. The Morgan fingerprint density at radius 2 is 2.05 bits per heavy atom. The molecule has 21 heavy (non-hydrogen) atoms. The van der Waals surface area contributed by atoms with E-state index in [9.17, 15) is 13.6 Å². The molecule has 5 nitrogen and oxygen atoms in total. The summed E-state index contributed by atoms with van der Waals surface area (Å²) < 4.78 is 26.4. The van der Waals surface area contributed by atoms with Gasteiger partial charge in [-0.05, 0) is 30.7 Å². The number of hydrogen-bond donors (Lipinski definition) is 1. The summed E-state index contributed by atoms with van der Waals surface area (Å²) in [6.07, 6.45) is 1.90. The SMILES string of the molecule is O=C(N[C@H]1CC[C@@H](CS(=O)[O-])C1)OCc1ccccc1.[Na+]. The molecule has 0 aliphatic heterocycles. The Hall–Kier alpha value is -0.400. The number of carbonyl (C=O) groups is 1. The monoisotopic (exact) mass is 319 g/mol. The van der Waals surface area contributed by atoms with Gasteiger partial charge < -0.3 is 14.6 Å². The van der Waals surface area contributed by atoms with E-state index in [1.54, 1.807) is 0 Å². The second-order valence-corrected chi connectivity index (χ2v) is 5.99. The first-order chi connectivity index (χ1) is 9.63. The molecule has 0 radical (unpaired) electrons. The predicted molar refractivity (Wildman–Crippen MR) is 74.7 cm³/mol. The molecule has 1 fully saturated rings. The average molecular weight is 319 g/mol. The molecule has 110 valence electrons. The number of ether oxygens (including phenoxy) is 1. The van der Waals surface area contributed by atoms with Crippen LogP contribution in [0.2, 0.25) is 0 Å². The normalized spacial score (nSPS) is 22.1. The Bertz CT molecular complexity index is 471. The largest absolute Gasteiger partial charge is 1.00 e. The molecule has 7 heteroatoms. The third-order valence-electron chi connectivity index (χ3n) is 3.45. The van der Waals surface area contributed by atoms with Gasteiger partial charge in [0.15, 0.2) is 0 Å². The summed E-state index contributed by atoms with van der Waals surface area (Å²) in [6, 6.07) is 9.49. The summed E-state index contributed by atoms with van der Waals surface area (Å²) in [4.78, 5) is 11.6. The van der Waals surface area contributed by atoms with E-state index in [4.69, 9.17) is 4.74 Å². The third-order valence-corrected chi connectivity index (χ3v) is 4.19. The number of amides is 1. The Labute approximate surface area is 149 Å². The van der Waals surface area contributed by atoms with Crippen molar-refractivity contribution in [2.75, 3.05) is 5.75 Å². The van der Waals surface area contributed by atoms with Crippen LogP contribution >= 0.6 is 0 Å². The van der Waals surface area contributed by atoms with E-state index in [0.29, 0.717) is 6.42 Å². The van der Waals surface area contributed by atoms with Gasteiger partial charge in [-0.15, -0.1) is 0 Å². The van der Waals surface area contributed by atoms with Gasteiger partial charge in [-0.25, -0.2) is 4.79 Å². The van der Waals surface area contributed by atoms with Gasteiger partial charge in [-0.1, -0.05) is 41.4 Å². The molecule has 1 aromatic carbocycles. The molecule has 0 saturated heterocycles. The van der Waals surface area contributed by atoms with Crippen LogP contribution in [0.25, 0.3) is 0 Å². The molecule has 0 aromatic heterocycles. The number of carbonyl (C=O) groups excluding carboxylic acids is 1.